The van der Waals surface area contributed by atoms with Crippen LogP contribution < -0.4 is 5.32 Å². The Hall–Kier alpha value is -0.860. The zero-order valence-electron chi connectivity index (χ0n) is 13.3. The molecule has 3 rings (SSSR count). The molecule has 0 atom stereocenters. The van der Waals surface area contributed by atoms with Crippen LogP contribution in [0.5, 0.6) is 0 Å². The first kappa shape index (κ1) is 18.5. The Morgan fingerprint density at radius 1 is 1.22 bits per heavy atom. The minimum atomic E-state index is -3.53. The molecule has 1 saturated carbocycles. The summed E-state index contributed by atoms with van der Waals surface area (Å²) >= 11 is 0. The number of rotatable bonds is 3. The molecule has 0 spiro atoms. The summed E-state index contributed by atoms with van der Waals surface area (Å²) in [6.07, 6.45) is 3.78. The average Bonchev–Trinajstić information content (AvgIpc) is 3.30. The molecule has 1 N–H and O–H groups in total. The molecule has 0 bridgehead atoms. The van der Waals surface area contributed by atoms with E-state index in [4.69, 9.17) is 0 Å². The summed E-state index contributed by atoms with van der Waals surface area (Å²) in [5.41, 5.74) is 0. The van der Waals surface area contributed by atoms with Gasteiger partial charge in [0.15, 0.2) is 14.6 Å². The minimum absolute atomic E-state index is 0. The van der Waals surface area contributed by atoms with E-state index in [1.807, 2.05) is 4.90 Å². The molecule has 2 aliphatic heterocycles. The van der Waals surface area contributed by atoms with Gasteiger partial charge in [0.25, 0.3) is 0 Å². The maximum Gasteiger partial charge on any atom is 0.244 e. The molecular weight excluding hydrogens is 342 g/mol. The molecule has 0 aromatic carbocycles. The summed E-state index contributed by atoms with van der Waals surface area (Å²) in [6, 6.07) is 0.340. The highest BCUT2D eigenvalue weighted by molar-refractivity contribution is 7.92. The molecule has 1 aliphatic carbocycles. The van der Waals surface area contributed by atoms with E-state index in [1.165, 1.54) is 4.90 Å². The van der Waals surface area contributed by atoms with Crippen LogP contribution in [0.15, 0.2) is 0 Å². The largest absolute Gasteiger partial charge is 0.336 e. The second-order valence-electron chi connectivity index (χ2n) is 6.56. The second-order valence-corrected chi connectivity index (χ2v) is 8.89. The predicted molar refractivity (Wildman–Crippen MR) is 88.2 cm³/mol. The summed E-state index contributed by atoms with van der Waals surface area (Å²) in [4.78, 5) is 28.4. The standard InChI is InChI=1S/C14H23N3O4S.ClH/c1-22(20,21)14(4-6-15-7-5-14)13(19)16-8-9-17(11-2-3-11)12(18)10-16;/h11,15H,2-10H2,1H3;1H. The van der Waals surface area contributed by atoms with Crippen LogP contribution in [0.25, 0.3) is 0 Å². The van der Waals surface area contributed by atoms with E-state index in [-0.39, 0.29) is 43.6 Å². The Labute approximate surface area is 143 Å². The number of carbonyl (C=O) groups is 2. The number of hydrogen-bond acceptors (Lipinski definition) is 5. The Kier molecular flexibility index (Phi) is 5.27. The van der Waals surface area contributed by atoms with Crippen LogP contribution >= 0.6 is 12.4 Å². The molecular formula is C14H24ClN3O4S. The van der Waals surface area contributed by atoms with Crippen molar-refractivity contribution < 1.29 is 18.0 Å². The van der Waals surface area contributed by atoms with Crippen molar-refractivity contribution in [2.24, 2.45) is 0 Å². The first-order valence-corrected chi connectivity index (χ1v) is 9.73. The van der Waals surface area contributed by atoms with E-state index in [9.17, 15) is 18.0 Å². The SMILES string of the molecule is CS(=O)(=O)C1(C(=O)N2CCN(C3CC3)C(=O)C2)CCNCC1.Cl. The molecule has 0 aromatic rings. The van der Waals surface area contributed by atoms with Crippen molar-refractivity contribution in [1.82, 2.24) is 15.1 Å². The van der Waals surface area contributed by atoms with E-state index >= 15 is 0 Å². The van der Waals surface area contributed by atoms with Crippen molar-refractivity contribution in [3.05, 3.63) is 0 Å². The molecule has 2 amide bonds. The molecule has 3 fully saturated rings. The number of piperidine rings is 1. The van der Waals surface area contributed by atoms with Crippen LogP contribution in [0.2, 0.25) is 0 Å². The van der Waals surface area contributed by atoms with Gasteiger partial charge in [-0.05, 0) is 38.8 Å². The summed E-state index contributed by atoms with van der Waals surface area (Å²) < 4.78 is 23.2. The lowest BCUT2D eigenvalue weighted by Gasteiger charge is -2.41. The van der Waals surface area contributed by atoms with Gasteiger partial charge in [0, 0.05) is 25.4 Å². The van der Waals surface area contributed by atoms with Crippen LogP contribution in [0.4, 0.5) is 0 Å². The van der Waals surface area contributed by atoms with Crippen molar-refractivity contribution >= 4 is 34.1 Å². The van der Waals surface area contributed by atoms with E-state index in [0.717, 1.165) is 19.1 Å². The third-order valence-corrected chi connectivity index (χ3v) is 7.05. The summed E-state index contributed by atoms with van der Waals surface area (Å²) in [5.74, 6) is -0.444. The molecule has 0 unspecified atom stereocenters. The fraction of sp³-hybridized carbons (Fsp3) is 0.857. The number of hydrogen-bond donors (Lipinski definition) is 1. The minimum Gasteiger partial charge on any atom is -0.336 e. The van der Waals surface area contributed by atoms with Crippen molar-refractivity contribution in [1.29, 1.82) is 0 Å². The van der Waals surface area contributed by atoms with Crippen LogP contribution in [-0.2, 0) is 19.4 Å². The second kappa shape index (κ2) is 6.57. The van der Waals surface area contributed by atoms with Gasteiger partial charge in [-0.3, -0.25) is 9.59 Å². The van der Waals surface area contributed by atoms with Gasteiger partial charge >= 0.3 is 0 Å². The number of carbonyl (C=O) groups excluding carboxylic acids is 2. The highest BCUT2D eigenvalue weighted by Gasteiger charge is 2.51. The number of halogens is 1. The third kappa shape index (κ3) is 3.34. The average molecular weight is 366 g/mol. The number of amides is 2. The highest BCUT2D eigenvalue weighted by atomic mass is 35.5. The number of nitrogens with one attached hydrogen (secondary N) is 1. The van der Waals surface area contributed by atoms with Gasteiger partial charge in [-0.1, -0.05) is 0 Å². The normalized spacial score (nSPS) is 25.0. The van der Waals surface area contributed by atoms with Gasteiger partial charge in [0.05, 0.1) is 6.54 Å². The van der Waals surface area contributed by atoms with Gasteiger partial charge in [-0.15, -0.1) is 12.4 Å². The molecule has 23 heavy (non-hydrogen) atoms. The monoisotopic (exact) mass is 365 g/mol. The fourth-order valence-electron chi connectivity index (χ4n) is 3.49. The number of piperazine rings is 1. The zero-order chi connectivity index (χ0) is 16.0. The molecule has 0 aromatic heterocycles. The predicted octanol–water partition coefficient (Wildman–Crippen LogP) is -0.592. The Bertz CT molecular complexity index is 585. The first-order valence-electron chi connectivity index (χ1n) is 7.84. The Morgan fingerprint density at radius 3 is 2.30 bits per heavy atom. The van der Waals surface area contributed by atoms with Gasteiger partial charge in [0.1, 0.15) is 0 Å². The maximum atomic E-state index is 12.9. The van der Waals surface area contributed by atoms with Crippen molar-refractivity contribution in [2.45, 2.75) is 36.5 Å². The smallest absolute Gasteiger partial charge is 0.244 e. The van der Waals surface area contributed by atoms with Crippen molar-refractivity contribution in [2.75, 3.05) is 39.0 Å². The van der Waals surface area contributed by atoms with Gasteiger partial charge in [-0.25, -0.2) is 8.42 Å². The van der Waals surface area contributed by atoms with E-state index in [2.05, 4.69) is 5.32 Å². The third-order valence-electron chi connectivity index (χ3n) is 5.04. The molecule has 3 aliphatic rings. The molecule has 7 nitrogen and oxygen atoms in total. The summed E-state index contributed by atoms with van der Waals surface area (Å²) in [7, 11) is -3.53. The summed E-state index contributed by atoms with van der Waals surface area (Å²) in [6.45, 7) is 1.99. The number of nitrogens with zero attached hydrogens (tertiary/aromatic N) is 2. The lowest BCUT2D eigenvalue weighted by molar-refractivity contribution is -0.147. The van der Waals surface area contributed by atoms with Gasteiger partial charge in [-0.2, -0.15) is 0 Å². The topological polar surface area (TPSA) is 86.8 Å². The lowest BCUT2D eigenvalue weighted by atomic mass is 9.94. The molecule has 2 saturated heterocycles. The molecule has 0 radical (unpaired) electrons. The maximum absolute atomic E-state index is 12.9. The fourth-order valence-corrected chi connectivity index (χ4v) is 4.89. The van der Waals surface area contributed by atoms with E-state index in [0.29, 0.717) is 32.2 Å². The Balaban J connectivity index is 0.00000192. The van der Waals surface area contributed by atoms with Crippen LogP contribution in [0.1, 0.15) is 25.7 Å². The van der Waals surface area contributed by atoms with Crippen molar-refractivity contribution in [3.63, 3.8) is 0 Å². The van der Waals surface area contributed by atoms with E-state index in [1.54, 1.807) is 0 Å². The molecule has 9 heteroatoms. The van der Waals surface area contributed by atoms with Crippen LogP contribution in [0, 0.1) is 0 Å². The quantitative estimate of drug-likeness (QED) is 0.722. The molecule has 132 valence electrons. The lowest BCUT2D eigenvalue weighted by Crippen LogP contribution is -2.62. The Morgan fingerprint density at radius 2 is 1.83 bits per heavy atom. The zero-order valence-corrected chi connectivity index (χ0v) is 14.9. The van der Waals surface area contributed by atoms with Crippen molar-refractivity contribution in [3.8, 4) is 0 Å². The molecule has 2 heterocycles. The van der Waals surface area contributed by atoms with E-state index < -0.39 is 14.6 Å². The van der Waals surface area contributed by atoms with Crippen LogP contribution in [-0.4, -0.2) is 79.8 Å². The van der Waals surface area contributed by atoms with Gasteiger partial charge in [0.2, 0.25) is 11.8 Å². The number of sulfone groups is 1. The highest BCUT2D eigenvalue weighted by Crippen LogP contribution is 2.32. The summed E-state index contributed by atoms with van der Waals surface area (Å²) in [5, 5.41) is 3.10. The van der Waals surface area contributed by atoms with Crippen LogP contribution in [0.3, 0.4) is 0 Å². The van der Waals surface area contributed by atoms with Gasteiger partial charge < -0.3 is 15.1 Å². The first-order chi connectivity index (χ1) is 10.3.